The van der Waals surface area contributed by atoms with Crippen molar-refractivity contribution in [2.24, 2.45) is 4.99 Å². The molecule has 4 rings (SSSR count). The Labute approximate surface area is 195 Å². The van der Waals surface area contributed by atoms with Crippen LogP contribution in [0.15, 0.2) is 81.7 Å². The number of thiazole rings is 1. The lowest BCUT2D eigenvalue weighted by Crippen LogP contribution is -2.39. The molecule has 1 aromatic heterocycles. The van der Waals surface area contributed by atoms with E-state index in [4.69, 9.17) is 9.47 Å². The second-order valence-electron chi connectivity index (χ2n) is 7.37. The number of nitrogens with zero attached hydrogens (tertiary/aromatic N) is 2. The Morgan fingerprint density at radius 1 is 1.15 bits per heavy atom. The third kappa shape index (κ3) is 4.59. The zero-order valence-electron chi connectivity index (χ0n) is 18.6. The van der Waals surface area contributed by atoms with Gasteiger partial charge in [0.05, 0.1) is 35.6 Å². The molecule has 0 N–H and O–H groups in total. The van der Waals surface area contributed by atoms with E-state index in [2.05, 4.69) is 4.99 Å². The van der Waals surface area contributed by atoms with Gasteiger partial charge >= 0.3 is 5.97 Å². The van der Waals surface area contributed by atoms with Gasteiger partial charge in [0.2, 0.25) is 0 Å². The van der Waals surface area contributed by atoms with Gasteiger partial charge in [0.1, 0.15) is 5.75 Å². The summed E-state index contributed by atoms with van der Waals surface area (Å²) in [4.78, 5) is 31.2. The van der Waals surface area contributed by atoms with E-state index in [1.54, 1.807) is 17.6 Å². The van der Waals surface area contributed by atoms with Crippen molar-refractivity contribution in [3.8, 4) is 5.75 Å². The van der Waals surface area contributed by atoms with E-state index in [0.717, 1.165) is 16.9 Å². The minimum atomic E-state index is -0.635. The highest BCUT2D eigenvalue weighted by Crippen LogP contribution is 2.31. The maximum atomic E-state index is 13.4. The minimum Gasteiger partial charge on any atom is -0.494 e. The molecule has 6 nitrogen and oxygen atoms in total. The number of ether oxygens (including phenoxy) is 2. The number of rotatable bonds is 6. The van der Waals surface area contributed by atoms with Gasteiger partial charge in [-0.2, -0.15) is 0 Å². The molecule has 0 unspecified atom stereocenters. The average molecular weight is 461 g/mol. The SMILES string of the molecule is CCOc1ccc([C@@H]2C(C(=O)OC)=C(C)N=c3s/c(=C/C=C/c4ccccc4)c(=O)n32)cc1. The van der Waals surface area contributed by atoms with Crippen LogP contribution < -0.4 is 19.6 Å². The standard InChI is InChI=1S/C26H24N2O4S/c1-4-32-20-15-13-19(14-16-20)23-22(25(30)31-3)17(2)27-26-28(23)24(29)21(33-26)12-8-11-18-9-6-5-7-10-18/h5-16,23H,4H2,1-3H3/b11-8+,21-12+/t23-/m1/s1. The van der Waals surface area contributed by atoms with Crippen LogP contribution in [0.3, 0.4) is 0 Å². The molecular formula is C26H24N2O4S. The first-order valence-electron chi connectivity index (χ1n) is 10.6. The monoisotopic (exact) mass is 460 g/mol. The molecule has 0 aliphatic carbocycles. The summed E-state index contributed by atoms with van der Waals surface area (Å²) in [7, 11) is 1.33. The zero-order valence-corrected chi connectivity index (χ0v) is 19.5. The molecule has 0 saturated heterocycles. The molecule has 0 spiro atoms. The van der Waals surface area contributed by atoms with Crippen molar-refractivity contribution in [1.29, 1.82) is 0 Å². The van der Waals surface area contributed by atoms with Gasteiger partial charge in [-0.25, -0.2) is 9.79 Å². The van der Waals surface area contributed by atoms with E-state index in [9.17, 15) is 9.59 Å². The molecule has 0 fully saturated rings. The van der Waals surface area contributed by atoms with Gasteiger partial charge in [-0.1, -0.05) is 66.0 Å². The fraction of sp³-hybridized carbons (Fsp3) is 0.192. The van der Waals surface area contributed by atoms with Crippen molar-refractivity contribution in [2.75, 3.05) is 13.7 Å². The van der Waals surface area contributed by atoms with Crippen LogP contribution in [-0.2, 0) is 9.53 Å². The Balaban J connectivity index is 1.83. The maximum Gasteiger partial charge on any atom is 0.338 e. The van der Waals surface area contributed by atoms with Crippen molar-refractivity contribution in [1.82, 2.24) is 4.57 Å². The largest absolute Gasteiger partial charge is 0.494 e. The molecule has 2 aromatic carbocycles. The van der Waals surface area contributed by atoms with Gasteiger partial charge in [-0.05, 0) is 43.2 Å². The van der Waals surface area contributed by atoms with Gasteiger partial charge in [0, 0.05) is 0 Å². The van der Waals surface area contributed by atoms with Gasteiger partial charge in [0.15, 0.2) is 4.80 Å². The zero-order chi connectivity index (χ0) is 23.4. The number of methoxy groups -OCH3 is 1. The topological polar surface area (TPSA) is 69.9 Å². The van der Waals surface area contributed by atoms with E-state index < -0.39 is 12.0 Å². The maximum absolute atomic E-state index is 13.4. The summed E-state index contributed by atoms with van der Waals surface area (Å²) < 4.78 is 12.7. The van der Waals surface area contributed by atoms with Crippen molar-refractivity contribution in [3.63, 3.8) is 0 Å². The number of carbonyl (C=O) groups is 1. The molecule has 0 radical (unpaired) electrons. The highest BCUT2D eigenvalue weighted by atomic mass is 32.1. The third-order valence-corrected chi connectivity index (χ3v) is 6.27. The third-order valence-electron chi connectivity index (χ3n) is 5.27. The van der Waals surface area contributed by atoms with E-state index in [1.165, 1.54) is 18.4 Å². The molecule has 0 amide bonds. The quantitative estimate of drug-likeness (QED) is 0.528. The van der Waals surface area contributed by atoms with Crippen molar-refractivity contribution < 1.29 is 14.3 Å². The van der Waals surface area contributed by atoms with Crippen LogP contribution in [0.5, 0.6) is 5.75 Å². The molecule has 0 bridgehead atoms. The summed E-state index contributed by atoms with van der Waals surface area (Å²) in [6.45, 7) is 4.23. The minimum absolute atomic E-state index is 0.204. The van der Waals surface area contributed by atoms with Gasteiger partial charge in [0.25, 0.3) is 5.56 Å². The average Bonchev–Trinajstić information content (AvgIpc) is 3.14. The smallest absolute Gasteiger partial charge is 0.338 e. The highest BCUT2D eigenvalue weighted by molar-refractivity contribution is 7.07. The molecule has 168 valence electrons. The van der Waals surface area contributed by atoms with Gasteiger partial charge in [-0.3, -0.25) is 9.36 Å². The number of benzene rings is 2. The fourth-order valence-electron chi connectivity index (χ4n) is 3.75. The van der Waals surface area contributed by atoms with Gasteiger partial charge < -0.3 is 9.47 Å². The lowest BCUT2D eigenvalue weighted by molar-refractivity contribution is -0.136. The van der Waals surface area contributed by atoms with E-state index >= 15 is 0 Å². The molecule has 0 saturated carbocycles. The number of carbonyl (C=O) groups excluding carboxylic acids is 1. The number of hydrogen-bond donors (Lipinski definition) is 0. The second-order valence-corrected chi connectivity index (χ2v) is 8.38. The first-order valence-corrected chi connectivity index (χ1v) is 11.4. The van der Waals surface area contributed by atoms with Crippen LogP contribution in [0, 0.1) is 0 Å². The summed E-state index contributed by atoms with van der Waals surface area (Å²) in [6.07, 6.45) is 5.57. The Kier molecular flexibility index (Phi) is 6.70. The van der Waals surface area contributed by atoms with Crippen molar-refractivity contribution >= 4 is 29.5 Å². The first kappa shape index (κ1) is 22.5. The molecule has 1 atom stereocenters. The summed E-state index contributed by atoms with van der Waals surface area (Å²) in [5, 5.41) is 0. The van der Waals surface area contributed by atoms with Crippen LogP contribution in [0.4, 0.5) is 0 Å². The van der Waals surface area contributed by atoms with Crippen molar-refractivity contribution in [2.45, 2.75) is 19.9 Å². The van der Waals surface area contributed by atoms with E-state index in [0.29, 0.717) is 27.2 Å². The molecule has 2 heterocycles. The Bertz CT molecular complexity index is 1400. The lowest BCUT2D eigenvalue weighted by atomic mass is 9.96. The van der Waals surface area contributed by atoms with Crippen LogP contribution >= 0.6 is 11.3 Å². The normalized spacial score (nSPS) is 16.0. The van der Waals surface area contributed by atoms with E-state index in [1.807, 2.05) is 73.7 Å². The van der Waals surface area contributed by atoms with Crippen LogP contribution in [0.1, 0.15) is 31.0 Å². The second kappa shape index (κ2) is 9.83. The number of allylic oxidation sites excluding steroid dienone is 2. The molecule has 1 aliphatic rings. The number of esters is 1. The number of aromatic nitrogens is 1. The Hall–Kier alpha value is -3.71. The Morgan fingerprint density at radius 2 is 1.88 bits per heavy atom. The molecule has 1 aliphatic heterocycles. The number of hydrogen-bond acceptors (Lipinski definition) is 6. The number of fused-ring (bicyclic) bond motifs is 1. The van der Waals surface area contributed by atoms with Crippen molar-refractivity contribution in [3.05, 3.63) is 103 Å². The Morgan fingerprint density at radius 3 is 2.55 bits per heavy atom. The highest BCUT2D eigenvalue weighted by Gasteiger charge is 2.33. The lowest BCUT2D eigenvalue weighted by Gasteiger charge is -2.24. The summed E-state index contributed by atoms with van der Waals surface area (Å²) in [5.41, 5.74) is 2.50. The first-order chi connectivity index (χ1) is 16.0. The predicted octanol–water partition coefficient (Wildman–Crippen LogP) is 3.47. The summed E-state index contributed by atoms with van der Waals surface area (Å²) >= 11 is 1.30. The summed E-state index contributed by atoms with van der Waals surface area (Å²) in [5.74, 6) is 0.216. The van der Waals surface area contributed by atoms with Crippen LogP contribution in [0.2, 0.25) is 0 Å². The molecular weight excluding hydrogens is 436 g/mol. The predicted molar refractivity (Wildman–Crippen MR) is 130 cm³/mol. The van der Waals surface area contributed by atoms with E-state index in [-0.39, 0.29) is 5.56 Å². The van der Waals surface area contributed by atoms with Gasteiger partial charge in [-0.15, -0.1) is 0 Å². The van der Waals surface area contributed by atoms with Crippen LogP contribution in [0.25, 0.3) is 12.2 Å². The molecule has 3 aromatic rings. The van der Waals surface area contributed by atoms with Crippen LogP contribution in [-0.4, -0.2) is 24.3 Å². The molecule has 33 heavy (non-hydrogen) atoms. The fourth-order valence-corrected chi connectivity index (χ4v) is 4.74. The molecule has 7 heteroatoms. The summed E-state index contributed by atoms with van der Waals surface area (Å²) in [6, 6.07) is 16.6.